The van der Waals surface area contributed by atoms with Gasteiger partial charge in [-0.2, -0.15) is 0 Å². The molecule has 15 heavy (non-hydrogen) atoms. The second kappa shape index (κ2) is 4.50. The van der Waals surface area contributed by atoms with Gasteiger partial charge in [0.05, 0.1) is 17.1 Å². The zero-order valence-corrected chi connectivity index (χ0v) is 8.33. The number of hydrogen-bond acceptors (Lipinski definition) is 4. The highest BCUT2D eigenvalue weighted by Crippen LogP contribution is 2.37. The van der Waals surface area contributed by atoms with Crippen LogP contribution in [0.15, 0.2) is 24.3 Å². The monoisotopic (exact) mass is 233 g/mol. The van der Waals surface area contributed by atoms with Gasteiger partial charge in [-0.05, 0) is 6.07 Å². The van der Waals surface area contributed by atoms with Crippen molar-refractivity contribution < 1.29 is 23.8 Å². The summed E-state index contributed by atoms with van der Waals surface area (Å²) in [5, 5.41) is 10.5. The lowest BCUT2D eigenvalue weighted by Crippen LogP contribution is -1.97. The summed E-state index contributed by atoms with van der Waals surface area (Å²) in [7, 11) is -4.60. The summed E-state index contributed by atoms with van der Waals surface area (Å²) in [5.41, 5.74) is -0.114. The Bertz CT molecular complexity index is 414. The van der Waals surface area contributed by atoms with E-state index in [4.69, 9.17) is 9.79 Å². The molecule has 1 rings (SSSR count). The van der Waals surface area contributed by atoms with Crippen molar-refractivity contribution in [1.82, 2.24) is 0 Å². The van der Waals surface area contributed by atoms with Crippen molar-refractivity contribution in [2.24, 2.45) is 0 Å². The van der Waals surface area contributed by atoms with Crippen LogP contribution >= 0.6 is 7.82 Å². The molecule has 0 spiro atoms. The Hall–Kier alpha value is -1.27. The van der Waals surface area contributed by atoms with Crippen LogP contribution in [0, 0.1) is 10.1 Å². The first kappa shape index (κ1) is 11.8. The predicted octanol–water partition coefficient (Wildman–Crippen LogP) is 1.20. The lowest BCUT2D eigenvalue weighted by Gasteiger charge is -2.05. The van der Waals surface area contributed by atoms with E-state index in [1.54, 1.807) is 0 Å². The van der Waals surface area contributed by atoms with Gasteiger partial charge in [0.25, 0.3) is 5.69 Å². The maximum absolute atomic E-state index is 10.5. The fourth-order valence-corrected chi connectivity index (χ4v) is 1.27. The molecule has 0 heterocycles. The third kappa shape index (κ3) is 3.77. The topological polar surface area (TPSA) is 110 Å². The summed E-state index contributed by atoms with van der Waals surface area (Å²) >= 11 is 0. The number of phosphoric acid groups is 1. The average Bonchev–Trinajstić information content (AvgIpc) is 2.14. The lowest BCUT2D eigenvalue weighted by molar-refractivity contribution is -0.385. The lowest BCUT2D eigenvalue weighted by atomic mass is 10.2. The van der Waals surface area contributed by atoms with Crippen molar-refractivity contribution in [1.29, 1.82) is 0 Å². The fourth-order valence-electron chi connectivity index (χ4n) is 0.965. The minimum Gasteiger partial charge on any atom is -0.303 e. The molecule has 0 bridgehead atoms. The molecule has 0 aliphatic heterocycles. The van der Waals surface area contributed by atoms with E-state index in [0.717, 1.165) is 0 Å². The van der Waals surface area contributed by atoms with Crippen LogP contribution in [0.2, 0.25) is 0 Å². The molecule has 82 valence electrons. The van der Waals surface area contributed by atoms with Gasteiger partial charge in [0.1, 0.15) is 0 Å². The van der Waals surface area contributed by atoms with E-state index in [0.29, 0.717) is 0 Å². The molecule has 0 saturated carbocycles. The number of nitro groups is 1. The highest BCUT2D eigenvalue weighted by atomic mass is 31.2. The largest absolute Gasteiger partial charge is 0.469 e. The van der Waals surface area contributed by atoms with Crippen LogP contribution in [0.3, 0.4) is 0 Å². The zero-order valence-electron chi connectivity index (χ0n) is 7.44. The molecule has 0 radical (unpaired) electrons. The van der Waals surface area contributed by atoms with Gasteiger partial charge in [0.2, 0.25) is 0 Å². The van der Waals surface area contributed by atoms with Gasteiger partial charge in [0.15, 0.2) is 0 Å². The van der Waals surface area contributed by atoms with Gasteiger partial charge in [-0.15, -0.1) is 0 Å². The van der Waals surface area contributed by atoms with Crippen molar-refractivity contribution >= 4 is 13.5 Å². The molecule has 0 aliphatic carbocycles. The van der Waals surface area contributed by atoms with Crippen molar-refractivity contribution in [3.8, 4) is 0 Å². The van der Waals surface area contributed by atoms with Crippen LogP contribution in [-0.4, -0.2) is 14.7 Å². The van der Waals surface area contributed by atoms with Gasteiger partial charge in [0, 0.05) is 6.07 Å². The van der Waals surface area contributed by atoms with Crippen molar-refractivity contribution in [2.45, 2.75) is 6.61 Å². The minimum atomic E-state index is -4.60. The maximum Gasteiger partial charge on any atom is 0.469 e. The van der Waals surface area contributed by atoms with E-state index < -0.39 is 19.4 Å². The Kier molecular flexibility index (Phi) is 3.54. The van der Waals surface area contributed by atoms with Gasteiger partial charge >= 0.3 is 7.82 Å². The number of benzene rings is 1. The molecule has 0 atom stereocenters. The van der Waals surface area contributed by atoms with Crippen LogP contribution in [0.5, 0.6) is 0 Å². The Morgan fingerprint density at radius 1 is 1.40 bits per heavy atom. The molecule has 7 nitrogen and oxygen atoms in total. The molecule has 8 heteroatoms. The highest BCUT2D eigenvalue weighted by Gasteiger charge is 2.18. The van der Waals surface area contributed by atoms with E-state index in [1.807, 2.05) is 0 Å². The molecule has 0 fully saturated rings. The molecule has 0 aliphatic rings. The first-order valence-electron chi connectivity index (χ1n) is 3.82. The Balaban J connectivity index is 2.85. The number of hydrogen-bond donors (Lipinski definition) is 2. The van der Waals surface area contributed by atoms with E-state index in [-0.39, 0.29) is 11.3 Å². The van der Waals surface area contributed by atoms with Crippen molar-refractivity contribution in [3.63, 3.8) is 0 Å². The van der Waals surface area contributed by atoms with Gasteiger partial charge < -0.3 is 9.79 Å². The third-order valence-corrected chi connectivity index (χ3v) is 2.04. The van der Waals surface area contributed by atoms with Gasteiger partial charge in [-0.3, -0.25) is 14.6 Å². The maximum atomic E-state index is 10.5. The van der Waals surface area contributed by atoms with Crippen LogP contribution in [0.1, 0.15) is 5.56 Å². The standard InChI is InChI=1S/C7H8NO6P/c9-8(10)7-4-2-1-3-6(7)5-14-15(11,12)13/h1-4H,5H2,(H2,11,12,13). The average molecular weight is 233 g/mol. The number of nitrogens with zero attached hydrogens (tertiary/aromatic N) is 1. The number of para-hydroxylation sites is 1. The van der Waals surface area contributed by atoms with Gasteiger partial charge in [-0.25, -0.2) is 4.57 Å². The fraction of sp³-hybridized carbons (Fsp3) is 0.143. The summed E-state index contributed by atoms with van der Waals surface area (Å²) < 4.78 is 14.6. The molecule has 0 saturated heterocycles. The number of nitro benzene ring substituents is 1. The Labute approximate surface area is 84.7 Å². The van der Waals surface area contributed by atoms with E-state index >= 15 is 0 Å². The van der Waals surface area contributed by atoms with Crippen molar-refractivity contribution in [3.05, 3.63) is 39.9 Å². The summed E-state index contributed by atoms with van der Waals surface area (Å²) in [6.07, 6.45) is 0. The van der Waals surface area contributed by atoms with E-state index in [9.17, 15) is 14.7 Å². The van der Waals surface area contributed by atoms with Crippen LogP contribution in [0.4, 0.5) is 5.69 Å². The second-order valence-electron chi connectivity index (χ2n) is 2.65. The summed E-state index contributed by atoms with van der Waals surface area (Å²) in [6.45, 7) is -0.499. The van der Waals surface area contributed by atoms with E-state index in [1.165, 1.54) is 24.3 Å². The third-order valence-electron chi connectivity index (χ3n) is 1.58. The normalized spacial score (nSPS) is 11.3. The molecule has 0 unspecified atom stereocenters. The number of phosphoric ester groups is 1. The van der Waals surface area contributed by atoms with Crippen molar-refractivity contribution in [2.75, 3.05) is 0 Å². The molecule has 0 aromatic heterocycles. The Morgan fingerprint density at radius 2 is 2.00 bits per heavy atom. The van der Waals surface area contributed by atoms with Gasteiger partial charge in [-0.1, -0.05) is 12.1 Å². The molecule has 1 aromatic carbocycles. The molecular formula is C7H8NO6P. The molecule has 0 amide bonds. The predicted molar refractivity (Wildman–Crippen MR) is 49.9 cm³/mol. The molecular weight excluding hydrogens is 225 g/mol. The first-order valence-corrected chi connectivity index (χ1v) is 5.35. The zero-order chi connectivity index (χ0) is 11.5. The molecule has 2 N–H and O–H groups in total. The molecule has 1 aromatic rings. The smallest absolute Gasteiger partial charge is 0.303 e. The summed E-state index contributed by atoms with van der Waals surface area (Å²) in [4.78, 5) is 26.7. The Morgan fingerprint density at radius 3 is 2.53 bits per heavy atom. The van der Waals surface area contributed by atoms with Crippen LogP contribution in [0.25, 0.3) is 0 Å². The summed E-state index contributed by atoms with van der Waals surface area (Å²) in [5.74, 6) is 0. The first-order chi connectivity index (χ1) is 6.90. The SMILES string of the molecule is O=[N+]([O-])c1ccccc1COP(=O)(O)O. The second-order valence-corrected chi connectivity index (χ2v) is 3.89. The quantitative estimate of drug-likeness (QED) is 0.459. The van der Waals surface area contributed by atoms with E-state index in [2.05, 4.69) is 4.52 Å². The summed E-state index contributed by atoms with van der Waals surface area (Å²) in [6, 6.07) is 5.58. The minimum absolute atomic E-state index is 0.117. The number of rotatable bonds is 4. The van der Waals surface area contributed by atoms with Crippen LogP contribution < -0.4 is 0 Å². The van der Waals surface area contributed by atoms with Crippen LogP contribution in [-0.2, 0) is 15.7 Å². The highest BCUT2D eigenvalue weighted by molar-refractivity contribution is 7.46.